The van der Waals surface area contributed by atoms with Gasteiger partial charge in [0.15, 0.2) is 0 Å². The van der Waals surface area contributed by atoms with E-state index in [4.69, 9.17) is 0 Å². The molecule has 0 radical (unpaired) electrons. The number of unbranched alkanes of at least 4 members (excludes halogenated alkanes) is 1. The van der Waals surface area contributed by atoms with Crippen LogP contribution in [0.1, 0.15) is 62.2 Å². The first-order chi connectivity index (χ1) is 14.6. The molecule has 2 N–H and O–H groups in total. The van der Waals surface area contributed by atoms with Crippen LogP contribution < -0.4 is 10.2 Å². The summed E-state index contributed by atoms with van der Waals surface area (Å²) in [5, 5.41) is 13.4. The predicted molar refractivity (Wildman–Crippen MR) is 120 cm³/mol. The van der Waals surface area contributed by atoms with Gasteiger partial charge in [-0.05, 0) is 49.4 Å². The van der Waals surface area contributed by atoms with Gasteiger partial charge < -0.3 is 10.4 Å². The summed E-state index contributed by atoms with van der Waals surface area (Å²) in [7, 11) is 0. The molecular weight excluding hydrogens is 376 g/mol. The van der Waals surface area contributed by atoms with E-state index in [0.717, 1.165) is 38.5 Å². The lowest BCUT2D eigenvalue weighted by molar-refractivity contribution is -0.123. The van der Waals surface area contributed by atoms with E-state index in [1.165, 1.54) is 12.5 Å². The molecule has 1 aliphatic rings. The van der Waals surface area contributed by atoms with Crippen LogP contribution in [0, 0.1) is 5.92 Å². The van der Waals surface area contributed by atoms with Crippen LogP contribution in [0.15, 0.2) is 54.6 Å². The highest BCUT2D eigenvalue weighted by molar-refractivity contribution is 6.11. The fraction of sp³-hybridized carbons (Fsp3) is 0.440. The number of carbonyl (C=O) groups is 2. The van der Waals surface area contributed by atoms with Gasteiger partial charge >= 0.3 is 0 Å². The molecule has 0 bridgehead atoms. The average molecular weight is 409 g/mol. The topological polar surface area (TPSA) is 69.6 Å². The van der Waals surface area contributed by atoms with Crippen LogP contribution in [0.2, 0.25) is 0 Å². The molecule has 3 rings (SSSR count). The van der Waals surface area contributed by atoms with Crippen molar-refractivity contribution in [3.63, 3.8) is 0 Å². The molecule has 1 aliphatic carbocycles. The molecule has 1 saturated carbocycles. The van der Waals surface area contributed by atoms with Crippen molar-refractivity contribution < 1.29 is 14.7 Å². The number of para-hydroxylation sites is 2. The molecule has 5 heteroatoms. The average Bonchev–Trinajstić information content (AvgIpc) is 2.78. The summed E-state index contributed by atoms with van der Waals surface area (Å²) < 4.78 is 0. The molecule has 0 spiro atoms. The minimum atomic E-state index is -0.600. The molecule has 1 atom stereocenters. The highest BCUT2D eigenvalue weighted by Crippen LogP contribution is 2.33. The summed E-state index contributed by atoms with van der Waals surface area (Å²) in [6, 6.07) is 15.3. The number of phenolic OH excluding ortho intramolecular Hbond substituents is 1. The third kappa shape index (κ3) is 5.21. The summed E-state index contributed by atoms with van der Waals surface area (Å²) in [6.45, 7) is 2.69. The van der Waals surface area contributed by atoms with Crippen molar-refractivity contribution in [1.82, 2.24) is 5.32 Å². The van der Waals surface area contributed by atoms with Crippen molar-refractivity contribution in [3.05, 3.63) is 60.2 Å². The van der Waals surface area contributed by atoms with Gasteiger partial charge in [0.25, 0.3) is 5.91 Å². The molecule has 2 aromatic rings. The SMILES string of the molecule is CCCCNC(=O)C(C1CCCCC1)N(C(=O)c1ccccc1O)c1ccccc1. The van der Waals surface area contributed by atoms with Gasteiger partial charge in [-0.15, -0.1) is 0 Å². The van der Waals surface area contributed by atoms with Gasteiger partial charge in [0.05, 0.1) is 5.56 Å². The highest BCUT2D eigenvalue weighted by Gasteiger charge is 2.38. The van der Waals surface area contributed by atoms with Gasteiger partial charge in [-0.1, -0.05) is 62.9 Å². The van der Waals surface area contributed by atoms with Crippen molar-refractivity contribution in [1.29, 1.82) is 0 Å². The second kappa shape index (κ2) is 10.8. The smallest absolute Gasteiger partial charge is 0.262 e. The van der Waals surface area contributed by atoms with Gasteiger partial charge in [-0.25, -0.2) is 0 Å². The summed E-state index contributed by atoms with van der Waals surface area (Å²) in [4.78, 5) is 28.7. The molecule has 0 aliphatic heterocycles. The minimum Gasteiger partial charge on any atom is -0.507 e. The van der Waals surface area contributed by atoms with Gasteiger partial charge in [-0.3, -0.25) is 14.5 Å². The molecule has 2 aromatic carbocycles. The summed E-state index contributed by atoms with van der Waals surface area (Å²) in [5.74, 6) is -0.434. The number of phenols is 1. The predicted octanol–water partition coefficient (Wildman–Crippen LogP) is 4.90. The van der Waals surface area contributed by atoms with Crippen molar-refractivity contribution in [2.75, 3.05) is 11.4 Å². The van der Waals surface area contributed by atoms with Gasteiger partial charge in [0, 0.05) is 12.2 Å². The van der Waals surface area contributed by atoms with Gasteiger partial charge in [-0.2, -0.15) is 0 Å². The Bertz CT molecular complexity index is 831. The van der Waals surface area contributed by atoms with E-state index in [9.17, 15) is 14.7 Å². The summed E-state index contributed by atoms with van der Waals surface area (Å²) in [6.07, 6.45) is 7.04. The molecule has 0 saturated heterocycles. The van der Waals surface area contributed by atoms with Crippen LogP contribution >= 0.6 is 0 Å². The normalized spacial score (nSPS) is 15.4. The van der Waals surface area contributed by atoms with E-state index in [0.29, 0.717) is 12.2 Å². The molecule has 5 nitrogen and oxygen atoms in total. The van der Waals surface area contributed by atoms with Crippen LogP contribution in [-0.2, 0) is 4.79 Å². The number of hydrogen-bond donors (Lipinski definition) is 2. The lowest BCUT2D eigenvalue weighted by Gasteiger charge is -2.38. The number of carbonyl (C=O) groups excluding carboxylic acids is 2. The van der Waals surface area contributed by atoms with Crippen LogP contribution in [0.5, 0.6) is 5.75 Å². The molecule has 0 heterocycles. The number of anilines is 1. The number of amides is 2. The Morgan fingerprint density at radius 3 is 2.37 bits per heavy atom. The lowest BCUT2D eigenvalue weighted by atomic mass is 9.82. The van der Waals surface area contributed by atoms with E-state index in [-0.39, 0.29) is 29.0 Å². The van der Waals surface area contributed by atoms with E-state index >= 15 is 0 Å². The first kappa shape index (κ1) is 21.9. The van der Waals surface area contributed by atoms with Crippen molar-refractivity contribution in [3.8, 4) is 5.75 Å². The first-order valence-electron chi connectivity index (χ1n) is 11.1. The van der Waals surface area contributed by atoms with Crippen molar-refractivity contribution >= 4 is 17.5 Å². The van der Waals surface area contributed by atoms with Crippen LogP contribution in [0.25, 0.3) is 0 Å². The molecule has 160 valence electrons. The molecule has 30 heavy (non-hydrogen) atoms. The Labute approximate surface area is 179 Å². The highest BCUT2D eigenvalue weighted by atomic mass is 16.3. The van der Waals surface area contributed by atoms with E-state index < -0.39 is 6.04 Å². The maximum absolute atomic E-state index is 13.7. The minimum absolute atomic E-state index is 0.0720. The summed E-state index contributed by atoms with van der Waals surface area (Å²) in [5.41, 5.74) is 0.885. The first-order valence-corrected chi connectivity index (χ1v) is 11.1. The zero-order valence-electron chi connectivity index (χ0n) is 17.7. The number of benzene rings is 2. The second-order valence-corrected chi connectivity index (χ2v) is 8.02. The quantitative estimate of drug-likeness (QED) is 0.610. The Morgan fingerprint density at radius 2 is 1.70 bits per heavy atom. The Morgan fingerprint density at radius 1 is 1.03 bits per heavy atom. The number of aromatic hydroxyl groups is 1. The Hall–Kier alpha value is -2.82. The van der Waals surface area contributed by atoms with E-state index in [1.54, 1.807) is 23.1 Å². The van der Waals surface area contributed by atoms with E-state index in [1.807, 2.05) is 30.3 Å². The number of nitrogens with zero attached hydrogens (tertiary/aromatic N) is 1. The maximum Gasteiger partial charge on any atom is 0.262 e. The van der Waals surface area contributed by atoms with E-state index in [2.05, 4.69) is 12.2 Å². The Kier molecular flexibility index (Phi) is 7.89. The van der Waals surface area contributed by atoms with Gasteiger partial charge in [0.2, 0.25) is 5.91 Å². The fourth-order valence-corrected chi connectivity index (χ4v) is 4.26. The number of hydrogen-bond acceptors (Lipinski definition) is 3. The molecule has 0 aromatic heterocycles. The maximum atomic E-state index is 13.7. The lowest BCUT2D eigenvalue weighted by Crippen LogP contribution is -2.54. The third-order valence-corrected chi connectivity index (χ3v) is 5.86. The third-order valence-electron chi connectivity index (χ3n) is 5.86. The molecule has 1 unspecified atom stereocenters. The largest absolute Gasteiger partial charge is 0.507 e. The van der Waals surface area contributed by atoms with Gasteiger partial charge in [0.1, 0.15) is 11.8 Å². The summed E-state index contributed by atoms with van der Waals surface area (Å²) >= 11 is 0. The zero-order chi connectivity index (χ0) is 21.3. The molecule has 2 amide bonds. The Balaban J connectivity index is 2.02. The fourth-order valence-electron chi connectivity index (χ4n) is 4.26. The standard InChI is InChI=1S/C25H32N2O3/c1-2-3-18-26-24(29)23(19-12-6-4-7-13-19)27(20-14-8-5-9-15-20)25(30)21-16-10-11-17-22(21)28/h5,8-11,14-17,19,23,28H,2-4,6-7,12-13,18H2,1H3,(H,26,29). The second-order valence-electron chi connectivity index (χ2n) is 8.02. The zero-order valence-corrected chi connectivity index (χ0v) is 17.7. The van der Waals surface area contributed by atoms with Crippen molar-refractivity contribution in [2.45, 2.75) is 57.9 Å². The number of nitrogens with one attached hydrogen (secondary N) is 1. The number of rotatable bonds is 8. The van der Waals surface area contributed by atoms with Crippen LogP contribution in [-0.4, -0.2) is 29.5 Å². The molecular formula is C25H32N2O3. The van der Waals surface area contributed by atoms with Crippen LogP contribution in [0.4, 0.5) is 5.69 Å². The van der Waals surface area contributed by atoms with Crippen LogP contribution in [0.3, 0.4) is 0 Å². The monoisotopic (exact) mass is 408 g/mol. The molecule has 1 fully saturated rings. The van der Waals surface area contributed by atoms with Crippen molar-refractivity contribution in [2.24, 2.45) is 5.92 Å².